The summed E-state index contributed by atoms with van der Waals surface area (Å²) in [6.45, 7) is 4.05. The van der Waals surface area contributed by atoms with Crippen LogP contribution in [0.4, 0.5) is 8.78 Å². The van der Waals surface area contributed by atoms with Crippen molar-refractivity contribution >= 4 is 0 Å². The van der Waals surface area contributed by atoms with Gasteiger partial charge in [0.05, 0.1) is 0 Å². The average Bonchev–Trinajstić information content (AvgIpc) is 2.28. The molecule has 1 aromatic rings. The highest BCUT2D eigenvalue weighted by atomic mass is 19.1. The quantitative estimate of drug-likeness (QED) is 0.629. The monoisotopic (exact) mass is 224 g/mol. The van der Waals surface area contributed by atoms with Crippen LogP contribution in [-0.4, -0.2) is 0 Å². The molecule has 0 aliphatic heterocycles. The van der Waals surface area contributed by atoms with Crippen LogP contribution in [0.2, 0.25) is 0 Å². The van der Waals surface area contributed by atoms with E-state index >= 15 is 0 Å². The molecule has 0 nitrogen and oxygen atoms in total. The number of hydrogen-bond donors (Lipinski definition) is 0. The second kappa shape index (κ2) is 6.41. The molecule has 0 saturated carbocycles. The molecule has 0 aliphatic carbocycles. The van der Waals surface area contributed by atoms with E-state index < -0.39 is 0 Å². The smallest absolute Gasteiger partial charge is 0.126 e. The first kappa shape index (κ1) is 12.9. The summed E-state index contributed by atoms with van der Waals surface area (Å²) in [5.74, 6) is -0.606. The highest BCUT2D eigenvalue weighted by Gasteiger charge is 2.13. The van der Waals surface area contributed by atoms with Crippen LogP contribution < -0.4 is 0 Å². The Kier molecular flexibility index (Phi) is 5.17. The molecule has 0 amide bonds. The van der Waals surface area contributed by atoms with Crippen molar-refractivity contribution in [3.63, 3.8) is 0 Å². The van der Waals surface area contributed by atoms with Gasteiger partial charge in [-0.1, -0.05) is 26.0 Å². The highest BCUT2D eigenvalue weighted by Crippen LogP contribution is 2.26. The maximum absolute atomic E-state index is 13.5. The van der Waals surface area contributed by atoms with Gasteiger partial charge in [-0.15, -0.1) is 0 Å². The third-order valence-corrected chi connectivity index (χ3v) is 2.71. The zero-order valence-corrected chi connectivity index (χ0v) is 9.84. The summed E-state index contributed by atoms with van der Waals surface area (Å²) in [4.78, 5) is 0. The lowest BCUT2D eigenvalue weighted by Crippen LogP contribution is -2.00. The van der Waals surface area contributed by atoms with Gasteiger partial charge in [-0.2, -0.15) is 0 Å². The van der Waals surface area contributed by atoms with Gasteiger partial charge < -0.3 is 0 Å². The largest absolute Gasteiger partial charge is 0.207 e. The van der Waals surface area contributed by atoms with Crippen molar-refractivity contribution in [3.8, 4) is 0 Å². The lowest BCUT2D eigenvalue weighted by Gasteiger charge is -2.14. The Balaban J connectivity index is 2.85. The molecule has 0 fully saturated rings. The fourth-order valence-electron chi connectivity index (χ4n) is 1.77. The lowest BCUT2D eigenvalue weighted by molar-refractivity contribution is 0.552. The van der Waals surface area contributed by atoms with Gasteiger partial charge in [0.25, 0.3) is 0 Å². The minimum atomic E-state index is -0.366. The van der Waals surface area contributed by atoms with Crippen molar-refractivity contribution in [1.82, 2.24) is 0 Å². The van der Waals surface area contributed by atoms with E-state index in [1.807, 2.05) is 13.0 Å². The average molecular weight is 224 g/mol. The standard InChI is InChI=1S/C14H18F2/c1-3-5-6-7-11(4-2)13-10-12(15)8-9-14(13)16/h5-6,8-11H,3-4,7H2,1-2H3/b6-5-. The molecule has 1 aromatic carbocycles. The maximum Gasteiger partial charge on any atom is 0.126 e. The van der Waals surface area contributed by atoms with Gasteiger partial charge in [-0.05, 0) is 48.9 Å². The molecule has 0 radical (unpaired) electrons. The summed E-state index contributed by atoms with van der Waals surface area (Å²) in [6, 6.07) is 3.67. The first-order valence-electron chi connectivity index (χ1n) is 5.79. The van der Waals surface area contributed by atoms with E-state index in [4.69, 9.17) is 0 Å². The number of halogens is 2. The Labute approximate surface area is 96.0 Å². The molecule has 16 heavy (non-hydrogen) atoms. The van der Waals surface area contributed by atoms with E-state index in [-0.39, 0.29) is 17.6 Å². The fourth-order valence-corrected chi connectivity index (χ4v) is 1.77. The zero-order chi connectivity index (χ0) is 12.0. The third kappa shape index (κ3) is 3.44. The van der Waals surface area contributed by atoms with Crippen molar-refractivity contribution in [2.24, 2.45) is 0 Å². The van der Waals surface area contributed by atoms with Crippen molar-refractivity contribution < 1.29 is 8.78 Å². The molecular weight excluding hydrogens is 206 g/mol. The van der Waals surface area contributed by atoms with E-state index in [1.165, 1.54) is 12.1 Å². The molecule has 0 heterocycles. The normalized spacial score (nSPS) is 13.2. The SMILES string of the molecule is CC/C=C\CC(CC)c1cc(F)ccc1F. The summed E-state index contributed by atoms with van der Waals surface area (Å²) >= 11 is 0. The van der Waals surface area contributed by atoms with Crippen molar-refractivity contribution in [2.75, 3.05) is 0 Å². The molecule has 0 bridgehead atoms. The molecule has 88 valence electrons. The first-order valence-corrected chi connectivity index (χ1v) is 5.79. The van der Waals surface area contributed by atoms with Gasteiger partial charge in [0.1, 0.15) is 11.6 Å². The predicted octanol–water partition coefficient (Wildman–Crippen LogP) is 4.81. The van der Waals surface area contributed by atoms with E-state index in [0.29, 0.717) is 5.56 Å². The van der Waals surface area contributed by atoms with Gasteiger partial charge >= 0.3 is 0 Å². The molecule has 1 rings (SSSR count). The summed E-state index contributed by atoms with van der Waals surface area (Å²) in [5, 5.41) is 0. The summed E-state index contributed by atoms with van der Waals surface area (Å²) in [6.07, 6.45) is 6.65. The molecule has 0 N–H and O–H groups in total. The fraction of sp³-hybridized carbons (Fsp3) is 0.429. The van der Waals surface area contributed by atoms with Crippen LogP contribution in [0.3, 0.4) is 0 Å². The third-order valence-electron chi connectivity index (χ3n) is 2.71. The molecule has 0 spiro atoms. The molecule has 0 aromatic heterocycles. The topological polar surface area (TPSA) is 0 Å². The van der Waals surface area contributed by atoms with Gasteiger partial charge in [-0.25, -0.2) is 8.78 Å². The van der Waals surface area contributed by atoms with Crippen LogP contribution >= 0.6 is 0 Å². The Morgan fingerprint density at radius 1 is 1.19 bits per heavy atom. The van der Waals surface area contributed by atoms with Gasteiger partial charge in [0.15, 0.2) is 0 Å². The van der Waals surface area contributed by atoms with E-state index in [9.17, 15) is 8.78 Å². The molecule has 1 atom stereocenters. The van der Waals surface area contributed by atoms with E-state index in [1.54, 1.807) is 0 Å². The second-order valence-electron chi connectivity index (χ2n) is 3.89. The lowest BCUT2D eigenvalue weighted by atomic mass is 9.92. The van der Waals surface area contributed by atoms with Crippen LogP contribution in [0.25, 0.3) is 0 Å². The van der Waals surface area contributed by atoms with Crippen molar-refractivity contribution in [3.05, 3.63) is 47.5 Å². The van der Waals surface area contributed by atoms with E-state index in [0.717, 1.165) is 25.3 Å². The van der Waals surface area contributed by atoms with Crippen LogP contribution in [0.15, 0.2) is 30.4 Å². The van der Waals surface area contributed by atoms with Gasteiger partial charge in [0, 0.05) is 0 Å². The molecular formula is C14H18F2. The Bertz CT molecular complexity index is 356. The van der Waals surface area contributed by atoms with Crippen LogP contribution in [0.1, 0.15) is 44.6 Å². The Hall–Kier alpha value is -1.18. The minimum Gasteiger partial charge on any atom is -0.207 e. The molecule has 0 aliphatic rings. The van der Waals surface area contributed by atoms with Crippen LogP contribution in [0, 0.1) is 11.6 Å². The summed E-state index contributed by atoms with van der Waals surface area (Å²) < 4.78 is 26.6. The number of allylic oxidation sites excluding steroid dienone is 2. The second-order valence-corrected chi connectivity index (χ2v) is 3.89. The maximum atomic E-state index is 13.5. The van der Waals surface area contributed by atoms with Crippen molar-refractivity contribution in [2.45, 2.75) is 39.0 Å². The van der Waals surface area contributed by atoms with Gasteiger partial charge in [-0.3, -0.25) is 0 Å². The number of rotatable bonds is 5. The summed E-state index contributed by atoms with van der Waals surface area (Å²) in [7, 11) is 0. The zero-order valence-electron chi connectivity index (χ0n) is 9.84. The predicted molar refractivity (Wildman–Crippen MR) is 63.4 cm³/mol. The Morgan fingerprint density at radius 2 is 1.94 bits per heavy atom. The van der Waals surface area contributed by atoms with Gasteiger partial charge in [0.2, 0.25) is 0 Å². The van der Waals surface area contributed by atoms with Crippen LogP contribution in [0.5, 0.6) is 0 Å². The van der Waals surface area contributed by atoms with E-state index in [2.05, 4.69) is 13.0 Å². The minimum absolute atomic E-state index is 0.0681. The van der Waals surface area contributed by atoms with Crippen LogP contribution in [-0.2, 0) is 0 Å². The first-order chi connectivity index (χ1) is 7.69. The Morgan fingerprint density at radius 3 is 2.56 bits per heavy atom. The molecule has 1 unspecified atom stereocenters. The molecule has 0 saturated heterocycles. The molecule has 2 heteroatoms. The number of benzene rings is 1. The van der Waals surface area contributed by atoms with Crippen molar-refractivity contribution in [1.29, 1.82) is 0 Å². The summed E-state index contributed by atoms with van der Waals surface area (Å²) in [5.41, 5.74) is 0.489. The number of hydrogen-bond acceptors (Lipinski definition) is 0. The highest BCUT2D eigenvalue weighted by molar-refractivity contribution is 5.23.